The van der Waals surface area contributed by atoms with Gasteiger partial charge in [-0.3, -0.25) is 0 Å². The minimum Gasteiger partial charge on any atom is -0.326 e. The maximum absolute atomic E-state index is 5.67. The lowest BCUT2D eigenvalue weighted by atomic mass is 9.64. The fourth-order valence-electron chi connectivity index (χ4n) is 1.29. The largest absolute Gasteiger partial charge is 0.326 e. The quantitative estimate of drug-likeness (QED) is 0.468. The molecule has 48 valence electrons. The molecule has 1 fully saturated rings. The van der Waals surface area contributed by atoms with Gasteiger partial charge < -0.3 is 11.5 Å². The molecule has 2 atom stereocenters. The fraction of sp³-hybridized carbons (Fsp3) is 1.00. The highest BCUT2D eigenvalue weighted by atomic mass is 14.9. The molecule has 2 heteroatoms. The molecule has 1 rings (SSSR count). The Labute approximate surface area is 50.2 Å². The van der Waals surface area contributed by atoms with Gasteiger partial charge in [-0.2, -0.15) is 0 Å². The van der Waals surface area contributed by atoms with Crippen molar-refractivity contribution in [3.05, 3.63) is 0 Å². The molecule has 0 radical (unpaired) electrons. The molecule has 4 N–H and O–H groups in total. The van der Waals surface area contributed by atoms with Crippen molar-refractivity contribution in [3.63, 3.8) is 0 Å². The third kappa shape index (κ3) is 0.644. The molecular weight excluding hydrogens is 100 g/mol. The van der Waals surface area contributed by atoms with Crippen LogP contribution in [0.25, 0.3) is 0 Å². The van der Waals surface area contributed by atoms with E-state index in [0.29, 0.717) is 5.41 Å². The fourth-order valence-corrected chi connectivity index (χ4v) is 1.29. The van der Waals surface area contributed by atoms with Gasteiger partial charge in [0.1, 0.15) is 0 Å². The molecule has 0 heterocycles. The van der Waals surface area contributed by atoms with E-state index in [4.69, 9.17) is 11.5 Å². The Bertz CT molecular complexity index is 98.7. The third-order valence-electron chi connectivity index (χ3n) is 2.13. The van der Waals surface area contributed by atoms with Crippen LogP contribution in [0.3, 0.4) is 0 Å². The van der Waals surface area contributed by atoms with Crippen LogP contribution in [0, 0.1) is 5.41 Å². The van der Waals surface area contributed by atoms with E-state index in [0.717, 1.165) is 6.42 Å². The second-order valence-corrected chi connectivity index (χ2v) is 3.38. The van der Waals surface area contributed by atoms with Crippen molar-refractivity contribution in [3.8, 4) is 0 Å². The number of hydrogen-bond donors (Lipinski definition) is 2. The Kier molecular flexibility index (Phi) is 1.10. The molecule has 1 aliphatic rings. The van der Waals surface area contributed by atoms with Gasteiger partial charge in [0, 0.05) is 12.1 Å². The molecule has 0 bridgehead atoms. The zero-order valence-corrected chi connectivity index (χ0v) is 5.52. The van der Waals surface area contributed by atoms with Crippen molar-refractivity contribution in [1.29, 1.82) is 0 Å². The van der Waals surface area contributed by atoms with Crippen LogP contribution in [0.1, 0.15) is 20.3 Å². The van der Waals surface area contributed by atoms with Gasteiger partial charge in [0.05, 0.1) is 0 Å². The van der Waals surface area contributed by atoms with Crippen LogP contribution in [-0.2, 0) is 0 Å². The summed E-state index contributed by atoms with van der Waals surface area (Å²) >= 11 is 0. The SMILES string of the molecule is CC1(C)C[C@H](N)[C@@H]1N. The van der Waals surface area contributed by atoms with Gasteiger partial charge in [0.25, 0.3) is 0 Å². The van der Waals surface area contributed by atoms with Crippen LogP contribution in [-0.4, -0.2) is 12.1 Å². The van der Waals surface area contributed by atoms with Crippen LogP contribution >= 0.6 is 0 Å². The summed E-state index contributed by atoms with van der Waals surface area (Å²) in [6.07, 6.45) is 1.08. The zero-order chi connectivity index (χ0) is 6.36. The Morgan fingerprint density at radius 3 is 1.88 bits per heavy atom. The summed E-state index contributed by atoms with van der Waals surface area (Å²) in [7, 11) is 0. The highest BCUT2D eigenvalue weighted by Crippen LogP contribution is 2.37. The van der Waals surface area contributed by atoms with E-state index < -0.39 is 0 Å². The average Bonchev–Trinajstić information content (AvgIpc) is 1.65. The standard InChI is InChI=1S/C6H14N2/c1-6(2)3-4(7)5(6)8/h4-5H,3,7-8H2,1-2H3/t4-,5-/m0/s1. The van der Waals surface area contributed by atoms with Gasteiger partial charge in [-0.1, -0.05) is 13.8 Å². The second kappa shape index (κ2) is 1.45. The zero-order valence-electron chi connectivity index (χ0n) is 5.52. The molecule has 0 aromatic heterocycles. The van der Waals surface area contributed by atoms with E-state index in [1.807, 2.05) is 0 Å². The molecule has 1 saturated carbocycles. The maximum Gasteiger partial charge on any atom is 0.0245 e. The van der Waals surface area contributed by atoms with Crippen LogP contribution < -0.4 is 11.5 Å². The normalized spacial score (nSPS) is 43.5. The van der Waals surface area contributed by atoms with Gasteiger partial charge in [0.15, 0.2) is 0 Å². The van der Waals surface area contributed by atoms with Crippen molar-refractivity contribution in [2.24, 2.45) is 16.9 Å². The lowest BCUT2D eigenvalue weighted by Gasteiger charge is -2.47. The molecule has 8 heavy (non-hydrogen) atoms. The van der Waals surface area contributed by atoms with Crippen LogP contribution in [0.4, 0.5) is 0 Å². The Balaban J connectivity index is 2.47. The Morgan fingerprint density at radius 2 is 1.88 bits per heavy atom. The summed E-state index contributed by atoms with van der Waals surface area (Å²) in [5, 5.41) is 0. The molecular formula is C6H14N2. The molecule has 1 aliphatic carbocycles. The van der Waals surface area contributed by atoms with E-state index in [1.54, 1.807) is 0 Å². The van der Waals surface area contributed by atoms with Crippen molar-refractivity contribution < 1.29 is 0 Å². The summed E-state index contributed by atoms with van der Waals surface area (Å²) in [6.45, 7) is 4.31. The first-order valence-electron chi connectivity index (χ1n) is 3.05. The number of nitrogens with two attached hydrogens (primary N) is 2. The lowest BCUT2D eigenvalue weighted by molar-refractivity contribution is 0.110. The van der Waals surface area contributed by atoms with E-state index in [-0.39, 0.29) is 12.1 Å². The van der Waals surface area contributed by atoms with Crippen LogP contribution in [0.15, 0.2) is 0 Å². The monoisotopic (exact) mass is 114 g/mol. The van der Waals surface area contributed by atoms with Gasteiger partial charge in [-0.15, -0.1) is 0 Å². The molecule has 0 amide bonds. The molecule has 0 aromatic rings. The Morgan fingerprint density at radius 1 is 1.38 bits per heavy atom. The van der Waals surface area contributed by atoms with Gasteiger partial charge >= 0.3 is 0 Å². The van der Waals surface area contributed by atoms with E-state index in [1.165, 1.54) is 0 Å². The van der Waals surface area contributed by atoms with Crippen molar-refractivity contribution >= 4 is 0 Å². The average molecular weight is 114 g/mol. The predicted molar refractivity (Wildman–Crippen MR) is 34.3 cm³/mol. The van der Waals surface area contributed by atoms with Crippen LogP contribution in [0.5, 0.6) is 0 Å². The van der Waals surface area contributed by atoms with Gasteiger partial charge in [0.2, 0.25) is 0 Å². The van der Waals surface area contributed by atoms with Crippen LogP contribution in [0.2, 0.25) is 0 Å². The smallest absolute Gasteiger partial charge is 0.0245 e. The molecule has 0 saturated heterocycles. The van der Waals surface area contributed by atoms with E-state index in [2.05, 4.69) is 13.8 Å². The molecule has 0 aromatic carbocycles. The van der Waals surface area contributed by atoms with Crippen molar-refractivity contribution in [1.82, 2.24) is 0 Å². The van der Waals surface area contributed by atoms with E-state index >= 15 is 0 Å². The highest BCUT2D eigenvalue weighted by Gasteiger charge is 2.42. The molecule has 0 spiro atoms. The second-order valence-electron chi connectivity index (χ2n) is 3.38. The van der Waals surface area contributed by atoms with Crippen molar-refractivity contribution in [2.75, 3.05) is 0 Å². The predicted octanol–water partition coefficient (Wildman–Crippen LogP) is 0.0709. The minimum atomic E-state index is 0.225. The maximum atomic E-state index is 5.67. The molecule has 0 unspecified atom stereocenters. The summed E-state index contributed by atoms with van der Waals surface area (Å²) in [5.41, 5.74) is 11.6. The number of rotatable bonds is 0. The van der Waals surface area contributed by atoms with Gasteiger partial charge in [-0.25, -0.2) is 0 Å². The lowest BCUT2D eigenvalue weighted by Crippen LogP contribution is -2.62. The third-order valence-corrected chi connectivity index (χ3v) is 2.13. The first kappa shape index (κ1) is 6.05. The summed E-state index contributed by atoms with van der Waals surface area (Å²) in [6, 6.07) is 0.479. The summed E-state index contributed by atoms with van der Waals surface area (Å²) < 4.78 is 0. The first-order valence-corrected chi connectivity index (χ1v) is 3.05. The topological polar surface area (TPSA) is 52.0 Å². The molecule has 2 nitrogen and oxygen atoms in total. The number of hydrogen-bond acceptors (Lipinski definition) is 2. The summed E-state index contributed by atoms with van der Waals surface area (Å²) in [5.74, 6) is 0. The van der Waals surface area contributed by atoms with E-state index in [9.17, 15) is 0 Å². The summed E-state index contributed by atoms with van der Waals surface area (Å²) in [4.78, 5) is 0. The van der Waals surface area contributed by atoms with Gasteiger partial charge in [-0.05, 0) is 11.8 Å². The minimum absolute atomic E-state index is 0.225. The van der Waals surface area contributed by atoms with Crippen molar-refractivity contribution in [2.45, 2.75) is 32.4 Å². The Hall–Kier alpha value is -0.0800. The molecule has 0 aliphatic heterocycles. The highest BCUT2D eigenvalue weighted by molar-refractivity contribution is 5.01. The first-order chi connectivity index (χ1) is 3.54.